The number of fused-ring (bicyclic) bond motifs is 1. The second-order valence-electron chi connectivity index (χ2n) is 10.6. The minimum absolute atomic E-state index is 0.0451. The van der Waals surface area contributed by atoms with Crippen molar-refractivity contribution in [2.75, 3.05) is 0 Å². The van der Waals surface area contributed by atoms with Crippen LogP contribution in [0, 0.1) is 24.7 Å². The number of oxazole rings is 1. The van der Waals surface area contributed by atoms with E-state index in [0.717, 1.165) is 12.8 Å². The number of piperazine rings is 1. The molecule has 0 bridgehead atoms. The third kappa shape index (κ3) is 4.79. The molecule has 1 aliphatic carbocycles. The first-order chi connectivity index (χ1) is 16.2. The van der Waals surface area contributed by atoms with Crippen LogP contribution in [0.2, 0.25) is 0 Å². The topological polar surface area (TPSA) is 92.5 Å². The summed E-state index contributed by atoms with van der Waals surface area (Å²) in [7, 11) is 0. The summed E-state index contributed by atoms with van der Waals surface area (Å²) >= 11 is 0. The maximum Gasteiger partial charge on any atom is 0.247 e. The molecule has 1 fully saturated rings. The summed E-state index contributed by atoms with van der Waals surface area (Å²) in [5.74, 6) is 0.139. The van der Waals surface area contributed by atoms with Crippen LogP contribution in [0.5, 0.6) is 0 Å². The second-order valence-corrected chi connectivity index (χ2v) is 10.6. The van der Waals surface area contributed by atoms with E-state index in [-0.39, 0.29) is 41.8 Å². The Morgan fingerprint density at radius 2 is 1.76 bits per heavy atom. The number of ketones is 1. The normalized spacial score (nSPS) is 21.8. The molecule has 0 saturated carbocycles. The third-order valence-corrected chi connectivity index (χ3v) is 6.81. The van der Waals surface area contributed by atoms with Gasteiger partial charge in [-0.3, -0.25) is 14.4 Å². The van der Waals surface area contributed by atoms with Crippen molar-refractivity contribution in [2.24, 2.45) is 17.8 Å². The van der Waals surface area contributed by atoms with E-state index >= 15 is 0 Å². The van der Waals surface area contributed by atoms with Crippen LogP contribution >= 0.6 is 0 Å². The van der Waals surface area contributed by atoms with Gasteiger partial charge in [-0.25, -0.2) is 4.98 Å². The van der Waals surface area contributed by atoms with Crippen LogP contribution in [0.15, 0.2) is 34.9 Å². The molecule has 2 aliphatic rings. The standard InChI is InChI=1S/C27H35N3O4/c1-15(2)10-22-26(32)29-24(20-12-18-8-6-7-9-19(18)13-20)27(33)30(22)25(23(31)11-16(3)4)21-14-34-17(5)28-21/h6-9,14-16,20,22,24-25H,10-13H2,1-5H3,(H,29,32)/t22-,24-,25-/m1/s1. The zero-order valence-corrected chi connectivity index (χ0v) is 20.7. The average molecular weight is 466 g/mol. The Kier molecular flexibility index (Phi) is 6.91. The third-order valence-electron chi connectivity index (χ3n) is 6.81. The Balaban J connectivity index is 1.73. The van der Waals surface area contributed by atoms with Gasteiger partial charge < -0.3 is 14.6 Å². The summed E-state index contributed by atoms with van der Waals surface area (Å²) in [6.07, 6.45) is 3.66. The molecule has 2 aromatic rings. The molecule has 1 aliphatic heterocycles. The van der Waals surface area contributed by atoms with Crippen molar-refractivity contribution >= 4 is 17.6 Å². The molecule has 1 aromatic heterocycles. The van der Waals surface area contributed by atoms with E-state index in [1.54, 1.807) is 6.92 Å². The predicted octanol–water partition coefficient (Wildman–Crippen LogP) is 3.80. The molecule has 2 amide bonds. The van der Waals surface area contributed by atoms with Gasteiger partial charge in [0.1, 0.15) is 30.1 Å². The number of rotatable bonds is 8. The zero-order chi connectivity index (χ0) is 24.6. The van der Waals surface area contributed by atoms with Gasteiger partial charge in [0.05, 0.1) is 0 Å². The predicted molar refractivity (Wildman–Crippen MR) is 128 cm³/mol. The number of hydrogen-bond acceptors (Lipinski definition) is 5. The van der Waals surface area contributed by atoms with Crippen molar-refractivity contribution in [2.45, 2.75) is 78.4 Å². The number of aryl methyl sites for hydroxylation is 1. The highest BCUT2D eigenvalue weighted by molar-refractivity contribution is 6.00. The Labute approximate surface area is 201 Å². The van der Waals surface area contributed by atoms with Crippen molar-refractivity contribution in [3.05, 3.63) is 53.2 Å². The molecule has 7 heteroatoms. The average Bonchev–Trinajstić information content (AvgIpc) is 3.38. The first kappa shape index (κ1) is 24.2. The molecule has 1 N–H and O–H groups in total. The van der Waals surface area contributed by atoms with Gasteiger partial charge in [0.25, 0.3) is 0 Å². The first-order valence-corrected chi connectivity index (χ1v) is 12.3. The molecular formula is C27H35N3O4. The highest BCUT2D eigenvalue weighted by Crippen LogP contribution is 2.36. The van der Waals surface area contributed by atoms with Crippen LogP contribution in [0.1, 0.15) is 69.3 Å². The Morgan fingerprint density at radius 3 is 2.29 bits per heavy atom. The highest BCUT2D eigenvalue weighted by atomic mass is 16.3. The van der Waals surface area contributed by atoms with Crippen LogP contribution in [0.3, 0.4) is 0 Å². The zero-order valence-electron chi connectivity index (χ0n) is 20.7. The maximum absolute atomic E-state index is 14.1. The number of nitrogens with one attached hydrogen (secondary N) is 1. The van der Waals surface area contributed by atoms with Gasteiger partial charge >= 0.3 is 0 Å². The van der Waals surface area contributed by atoms with E-state index in [2.05, 4.69) is 22.4 Å². The molecule has 3 atom stereocenters. The van der Waals surface area contributed by atoms with Gasteiger partial charge in [0, 0.05) is 13.3 Å². The fourth-order valence-corrected chi connectivity index (χ4v) is 5.36. The number of carbonyl (C=O) groups excluding carboxylic acids is 3. The number of aromatic nitrogens is 1. The molecule has 0 spiro atoms. The minimum atomic E-state index is -0.937. The largest absolute Gasteiger partial charge is 0.449 e. The molecule has 0 unspecified atom stereocenters. The fourth-order valence-electron chi connectivity index (χ4n) is 5.36. The Morgan fingerprint density at radius 1 is 1.12 bits per heavy atom. The summed E-state index contributed by atoms with van der Waals surface area (Å²) in [4.78, 5) is 47.1. The quantitative estimate of drug-likeness (QED) is 0.640. The van der Waals surface area contributed by atoms with Crippen LogP contribution in [-0.2, 0) is 27.2 Å². The lowest BCUT2D eigenvalue weighted by molar-refractivity contribution is -0.157. The molecule has 34 heavy (non-hydrogen) atoms. The molecule has 1 saturated heterocycles. The molecule has 0 radical (unpaired) electrons. The second kappa shape index (κ2) is 9.72. The van der Waals surface area contributed by atoms with E-state index in [0.29, 0.717) is 18.0 Å². The lowest BCUT2D eigenvalue weighted by Crippen LogP contribution is -2.66. The van der Waals surface area contributed by atoms with E-state index in [4.69, 9.17) is 4.42 Å². The Bertz CT molecular complexity index is 1050. The SMILES string of the molecule is Cc1nc([C@H](C(=O)CC(C)C)N2C(=O)[C@@H](C3Cc4ccccc4C3)NC(=O)[C@H]2CC(C)C)co1. The maximum atomic E-state index is 14.1. The molecule has 1 aromatic carbocycles. The molecular weight excluding hydrogens is 430 g/mol. The highest BCUT2D eigenvalue weighted by Gasteiger charge is 2.49. The number of Topliss-reactive ketones (excluding diaryl/α,β-unsaturated/α-hetero) is 1. The molecule has 2 heterocycles. The monoisotopic (exact) mass is 465 g/mol. The van der Waals surface area contributed by atoms with Gasteiger partial charge in [-0.1, -0.05) is 52.0 Å². The van der Waals surface area contributed by atoms with Crippen LogP contribution < -0.4 is 5.32 Å². The smallest absolute Gasteiger partial charge is 0.247 e. The van der Waals surface area contributed by atoms with E-state index < -0.39 is 18.1 Å². The minimum Gasteiger partial charge on any atom is -0.449 e. The summed E-state index contributed by atoms with van der Waals surface area (Å²) in [6, 6.07) is 5.82. The first-order valence-electron chi connectivity index (χ1n) is 12.3. The number of nitrogens with zero attached hydrogens (tertiary/aromatic N) is 2. The van der Waals surface area contributed by atoms with Gasteiger partial charge in [0.2, 0.25) is 11.8 Å². The van der Waals surface area contributed by atoms with Crippen molar-refractivity contribution in [3.63, 3.8) is 0 Å². The van der Waals surface area contributed by atoms with Crippen molar-refractivity contribution in [3.8, 4) is 0 Å². The summed E-state index contributed by atoms with van der Waals surface area (Å²) in [6.45, 7) is 9.68. The fraction of sp³-hybridized carbons (Fsp3) is 0.556. The number of amides is 2. The van der Waals surface area contributed by atoms with Gasteiger partial charge in [-0.2, -0.15) is 0 Å². The number of hydrogen-bond donors (Lipinski definition) is 1. The van der Waals surface area contributed by atoms with Gasteiger partial charge in [-0.15, -0.1) is 0 Å². The van der Waals surface area contributed by atoms with Crippen molar-refractivity contribution in [1.82, 2.24) is 15.2 Å². The van der Waals surface area contributed by atoms with Gasteiger partial charge in [-0.05, 0) is 48.1 Å². The lowest BCUT2D eigenvalue weighted by Gasteiger charge is -2.44. The molecule has 182 valence electrons. The van der Waals surface area contributed by atoms with E-state index in [1.165, 1.54) is 22.3 Å². The van der Waals surface area contributed by atoms with Crippen molar-refractivity contribution < 1.29 is 18.8 Å². The van der Waals surface area contributed by atoms with Gasteiger partial charge in [0.15, 0.2) is 11.7 Å². The summed E-state index contributed by atoms with van der Waals surface area (Å²) in [5, 5.41) is 3.03. The summed E-state index contributed by atoms with van der Waals surface area (Å²) in [5.41, 5.74) is 2.82. The van der Waals surface area contributed by atoms with E-state index in [9.17, 15) is 14.4 Å². The van der Waals surface area contributed by atoms with Crippen molar-refractivity contribution in [1.29, 1.82) is 0 Å². The molecule has 7 nitrogen and oxygen atoms in total. The van der Waals surface area contributed by atoms with E-state index in [1.807, 2.05) is 39.8 Å². The number of benzene rings is 1. The lowest BCUT2D eigenvalue weighted by atomic mass is 9.87. The Hall–Kier alpha value is -2.96. The molecule has 4 rings (SSSR count). The number of carbonyl (C=O) groups is 3. The van der Waals surface area contributed by atoms with Crippen LogP contribution in [0.25, 0.3) is 0 Å². The van der Waals surface area contributed by atoms with Crippen LogP contribution in [0.4, 0.5) is 0 Å². The summed E-state index contributed by atoms with van der Waals surface area (Å²) < 4.78 is 5.44. The van der Waals surface area contributed by atoms with Crippen LogP contribution in [-0.4, -0.2) is 39.6 Å².